The Balaban J connectivity index is 4.03. The lowest BCUT2D eigenvalue weighted by molar-refractivity contribution is -0.480. The zero-order chi connectivity index (χ0) is 8.85. The van der Waals surface area contributed by atoms with Gasteiger partial charge in [0, 0.05) is 0 Å². The van der Waals surface area contributed by atoms with Crippen LogP contribution in [0.5, 0.6) is 0 Å². The van der Waals surface area contributed by atoms with Crippen LogP contribution in [0.25, 0.3) is 0 Å². The Bertz CT molecular complexity index is 137. The first-order valence-electron chi connectivity index (χ1n) is 3.94. The molecule has 0 radical (unpaired) electrons. The van der Waals surface area contributed by atoms with Crippen molar-refractivity contribution in [2.75, 3.05) is 34.8 Å². The monoisotopic (exact) mass is 159 g/mol. The zero-order valence-corrected chi connectivity index (χ0v) is 8.22. The number of hydrogen-bond donors (Lipinski definition) is 0. The Morgan fingerprint density at radius 3 is 2.18 bits per heavy atom. The van der Waals surface area contributed by atoms with Gasteiger partial charge in [0.05, 0.1) is 34.8 Å². The van der Waals surface area contributed by atoms with Crippen molar-refractivity contribution in [1.29, 1.82) is 0 Å². The maximum absolute atomic E-state index is 5.48. The smallest absolute Gasteiger partial charge is 0.432 e. The minimum atomic E-state index is 0.783. The summed E-state index contributed by atoms with van der Waals surface area (Å²) in [6, 6.07) is 0.909. The summed E-state index contributed by atoms with van der Waals surface area (Å²) < 4.78 is 7.45. The molecule has 0 fully saturated rings. The summed E-state index contributed by atoms with van der Waals surface area (Å²) in [7, 11) is 7.91. The van der Waals surface area contributed by atoms with Gasteiger partial charge < -0.3 is 4.74 Å². The number of nitrogens with zero attached hydrogens (tertiary/aromatic N) is 2. The second kappa shape index (κ2) is 4.99. The molecule has 0 aromatic heterocycles. The lowest BCUT2D eigenvalue weighted by Crippen LogP contribution is -2.32. The molecule has 0 atom stereocenters. The van der Waals surface area contributed by atoms with E-state index in [0.29, 0.717) is 0 Å². The van der Waals surface area contributed by atoms with Crippen molar-refractivity contribution in [3.63, 3.8) is 0 Å². The lowest BCUT2D eigenvalue weighted by Gasteiger charge is -2.10. The van der Waals surface area contributed by atoms with E-state index in [1.165, 1.54) is 0 Å². The van der Waals surface area contributed by atoms with E-state index in [4.69, 9.17) is 4.74 Å². The SMILES string of the molecule is CCCOC(N(C)C)=[N+](C)C. The Labute approximate surface area is 69.3 Å². The van der Waals surface area contributed by atoms with Crippen molar-refractivity contribution < 1.29 is 9.31 Å². The van der Waals surface area contributed by atoms with E-state index in [-0.39, 0.29) is 0 Å². The average molecular weight is 159 g/mol. The molecule has 0 N–H and O–H groups in total. The molecule has 0 aliphatic rings. The van der Waals surface area contributed by atoms with Crippen LogP contribution in [0, 0.1) is 0 Å². The first kappa shape index (κ1) is 10.3. The van der Waals surface area contributed by atoms with E-state index in [0.717, 1.165) is 19.0 Å². The summed E-state index contributed by atoms with van der Waals surface area (Å²) in [5.74, 6) is 0. The van der Waals surface area contributed by atoms with Crippen LogP contribution in [-0.2, 0) is 4.74 Å². The summed E-state index contributed by atoms with van der Waals surface area (Å²) in [5, 5.41) is 0. The van der Waals surface area contributed by atoms with E-state index in [9.17, 15) is 0 Å². The van der Waals surface area contributed by atoms with Gasteiger partial charge >= 0.3 is 6.02 Å². The van der Waals surface area contributed by atoms with Crippen molar-refractivity contribution in [2.45, 2.75) is 13.3 Å². The minimum absolute atomic E-state index is 0.783. The summed E-state index contributed by atoms with van der Waals surface area (Å²) in [5.41, 5.74) is 0. The molecule has 0 saturated heterocycles. The van der Waals surface area contributed by atoms with Gasteiger partial charge in [0.2, 0.25) is 0 Å². The molecule has 66 valence electrons. The van der Waals surface area contributed by atoms with Crippen LogP contribution in [0.15, 0.2) is 0 Å². The van der Waals surface area contributed by atoms with Crippen molar-refractivity contribution >= 4 is 6.02 Å². The topological polar surface area (TPSA) is 15.5 Å². The van der Waals surface area contributed by atoms with E-state index in [2.05, 4.69) is 6.92 Å². The minimum Gasteiger partial charge on any atom is -0.432 e. The lowest BCUT2D eigenvalue weighted by atomic mass is 10.5. The summed E-state index contributed by atoms with van der Waals surface area (Å²) >= 11 is 0. The van der Waals surface area contributed by atoms with Gasteiger partial charge in [-0.05, 0) is 6.42 Å². The molecule has 3 nitrogen and oxygen atoms in total. The standard InChI is InChI=1S/C8H19N2O/c1-6-7-11-8(9(2)3)10(4)5/h6-7H2,1-5H3/q+1. The Hall–Kier alpha value is -0.730. The quantitative estimate of drug-likeness (QED) is 0.333. The van der Waals surface area contributed by atoms with E-state index in [1.54, 1.807) is 0 Å². The van der Waals surface area contributed by atoms with Gasteiger partial charge in [-0.25, -0.2) is 9.48 Å². The highest BCUT2D eigenvalue weighted by molar-refractivity contribution is 5.67. The molecule has 0 aromatic carbocycles. The molecule has 0 unspecified atom stereocenters. The molecule has 0 spiro atoms. The van der Waals surface area contributed by atoms with Crippen LogP contribution in [0.1, 0.15) is 13.3 Å². The van der Waals surface area contributed by atoms with Crippen molar-refractivity contribution in [2.24, 2.45) is 0 Å². The molecule has 0 bridgehead atoms. The highest BCUT2D eigenvalue weighted by Gasteiger charge is 2.11. The molecular formula is C8H19N2O+. The van der Waals surface area contributed by atoms with Gasteiger partial charge in [0.25, 0.3) is 0 Å². The predicted molar refractivity (Wildman–Crippen MR) is 47.0 cm³/mol. The van der Waals surface area contributed by atoms with Crippen molar-refractivity contribution in [3.8, 4) is 0 Å². The third kappa shape index (κ3) is 3.86. The van der Waals surface area contributed by atoms with E-state index in [1.807, 2.05) is 37.7 Å². The Morgan fingerprint density at radius 1 is 1.36 bits per heavy atom. The van der Waals surface area contributed by atoms with E-state index < -0.39 is 0 Å². The second-order valence-electron chi connectivity index (χ2n) is 2.92. The molecule has 0 heterocycles. The summed E-state index contributed by atoms with van der Waals surface area (Å²) in [6.45, 7) is 2.88. The molecule has 11 heavy (non-hydrogen) atoms. The highest BCUT2D eigenvalue weighted by Crippen LogP contribution is 1.87. The molecule has 3 heteroatoms. The summed E-state index contributed by atoms with van der Waals surface area (Å²) in [6.07, 6.45) is 1.05. The molecule has 0 aromatic rings. The Kier molecular flexibility index (Phi) is 4.66. The van der Waals surface area contributed by atoms with Crippen molar-refractivity contribution in [3.05, 3.63) is 0 Å². The molecular weight excluding hydrogens is 140 g/mol. The van der Waals surface area contributed by atoms with Crippen LogP contribution < -0.4 is 0 Å². The van der Waals surface area contributed by atoms with Crippen LogP contribution in [0.2, 0.25) is 0 Å². The second-order valence-corrected chi connectivity index (χ2v) is 2.92. The predicted octanol–water partition coefficient (Wildman–Crippen LogP) is 0.603. The van der Waals surface area contributed by atoms with Gasteiger partial charge in [-0.1, -0.05) is 6.92 Å². The first-order chi connectivity index (χ1) is 5.09. The first-order valence-corrected chi connectivity index (χ1v) is 3.94. The number of ether oxygens (including phenoxy) is 1. The van der Waals surface area contributed by atoms with Crippen molar-refractivity contribution in [1.82, 2.24) is 4.90 Å². The average Bonchev–Trinajstić information content (AvgIpc) is 1.87. The number of hydrogen-bond acceptors (Lipinski definition) is 1. The highest BCUT2D eigenvalue weighted by atomic mass is 16.5. The fraction of sp³-hybridized carbons (Fsp3) is 0.875. The van der Waals surface area contributed by atoms with Crippen LogP contribution in [0.3, 0.4) is 0 Å². The normalized spacial score (nSPS) is 9.18. The third-order valence-corrected chi connectivity index (χ3v) is 1.20. The van der Waals surface area contributed by atoms with Gasteiger partial charge in [-0.2, -0.15) is 0 Å². The zero-order valence-electron chi connectivity index (χ0n) is 8.22. The van der Waals surface area contributed by atoms with Gasteiger partial charge in [0.15, 0.2) is 0 Å². The fourth-order valence-corrected chi connectivity index (χ4v) is 0.852. The van der Waals surface area contributed by atoms with Gasteiger partial charge in [-0.3, -0.25) is 0 Å². The molecule has 0 amide bonds. The maximum Gasteiger partial charge on any atom is 0.445 e. The third-order valence-electron chi connectivity index (χ3n) is 1.20. The molecule has 0 aliphatic heterocycles. The largest absolute Gasteiger partial charge is 0.445 e. The fourth-order valence-electron chi connectivity index (χ4n) is 0.852. The van der Waals surface area contributed by atoms with Gasteiger partial charge in [0.1, 0.15) is 0 Å². The molecule has 0 rings (SSSR count). The maximum atomic E-state index is 5.48. The van der Waals surface area contributed by atoms with Gasteiger partial charge in [-0.15, -0.1) is 0 Å². The number of amidine groups is 1. The van der Waals surface area contributed by atoms with Crippen LogP contribution in [0.4, 0.5) is 0 Å². The summed E-state index contributed by atoms with van der Waals surface area (Å²) in [4.78, 5) is 1.97. The Morgan fingerprint density at radius 2 is 1.91 bits per heavy atom. The molecule has 0 aliphatic carbocycles. The number of rotatable bonds is 2. The van der Waals surface area contributed by atoms with Crippen LogP contribution in [-0.4, -0.2) is 50.3 Å². The van der Waals surface area contributed by atoms with E-state index >= 15 is 0 Å². The molecule has 0 saturated carbocycles. The van der Waals surface area contributed by atoms with Crippen LogP contribution >= 0.6 is 0 Å².